The average molecular weight is 440 g/mol. The van der Waals surface area contributed by atoms with E-state index in [-0.39, 0.29) is 17.3 Å². The van der Waals surface area contributed by atoms with Crippen LogP contribution in [0.25, 0.3) is 10.8 Å². The number of halogens is 1. The summed E-state index contributed by atoms with van der Waals surface area (Å²) < 4.78 is 34.7. The molecule has 4 aromatic rings. The minimum atomic E-state index is -3.93. The Morgan fingerprint density at radius 1 is 1.03 bits per heavy atom. The van der Waals surface area contributed by atoms with E-state index in [2.05, 4.69) is 14.7 Å². The van der Waals surface area contributed by atoms with Gasteiger partial charge in [-0.05, 0) is 30.7 Å². The van der Waals surface area contributed by atoms with Crippen molar-refractivity contribution in [2.45, 2.75) is 18.4 Å². The fourth-order valence-corrected chi connectivity index (χ4v) is 4.57. The first-order valence-corrected chi connectivity index (χ1v) is 11.0. The minimum absolute atomic E-state index is 0.0863. The first-order chi connectivity index (χ1) is 14.5. The Morgan fingerprint density at radius 2 is 1.87 bits per heavy atom. The van der Waals surface area contributed by atoms with E-state index in [1.54, 1.807) is 37.6 Å². The number of pyridine rings is 2. The number of rotatable bonds is 6. The lowest BCUT2D eigenvalue weighted by Gasteiger charge is -2.16. The van der Waals surface area contributed by atoms with Gasteiger partial charge in [-0.1, -0.05) is 48.0 Å². The molecule has 0 bridgehead atoms. The second-order valence-electron chi connectivity index (χ2n) is 6.64. The molecule has 152 valence electrons. The third-order valence-corrected chi connectivity index (χ3v) is 6.49. The van der Waals surface area contributed by atoms with E-state index in [4.69, 9.17) is 16.3 Å². The zero-order valence-electron chi connectivity index (χ0n) is 16.0. The van der Waals surface area contributed by atoms with Crippen molar-refractivity contribution in [1.29, 1.82) is 0 Å². The molecule has 0 fully saturated rings. The summed E-state index contributed by atoms with van der Waals surface area (Å²) in [6.07, 6.45) is 4.97. The summed E-state index contributed by atoms with van der Waals surface area (Å²) in [5.74, 6) is 0.456. The van der Waals surface area contributed by atoms with Crippen LogP contribution in [0.2, 0.25) is 5.02 Å². The largest absolute Gasteiger partial charge is 0.484 e. The number of hydrogen-bond donors (Lipinski definition) is 1. The number of aromatic nitrogens is 2. The number of nitrogens with zero attached hydrogens (tertiary/aromatic N) is 2. The number of anilines is 1. The lowest BCUT2D eigenvalue weighted by Crippen LogP contribution is -2.16. The Hall–Kier alpha value is -3.16. The van der Waals surface area contributed by atoms with Crippen molar-refractivity contribution in [3.05, 3.63) is 89.3 Å². The maximum atomic E-state index is 13.1. The van der Waals surface area contributed by atoms with Gasteiger partial charge in [-0.25, -0.2) is 13.4 Å². The van der Waals surface area contributed by atoms with Gasteiger partial charge in [0.1, 0.15) is 6.61 Å². The van der Waals surface area contributed by atoms with Crippen LogP contribution in [-0.2, 0) is 16.6 Å². The fraction of sp³-hybridized carbons (Fsp3) is 0.0909. The van der Waals surface area contributed by atoms with Crippen molar-refractivity contribution >= 4 is 38.2 Å². The van der Waals surface area contributed by atoms with Gasteiger partial charge in [0.05, 0.1) is 4.90 Å². The molecule has 0 radical (unpaired) electrons. The normalized spacial score (nSPS) is 11.4. The predicted octanol–water partition coefficient (Wildman–Crippen LogP) is 4.97. The quantitative estimate of drug-likeness (QED) is 0.458. The van der Waals surface area contributed by atoms with Crippen molar-refractivity contribution in [3.63, 3.8) is 0 Å². The molecule has 2 heterocycles. The number of hydrogen-bond acceptors (Lipinski definition) is 5. The molecule has 1 N–H and O–H groups in total. The molecule has 4 rings (SSSR count). The Kier molecular flexibility index (Phi) is 5.57. The van der Waals surface area contributed by atoms with Crippen molar-refractivity contribution in [1.82, 2.24) is 9.97 Å². The van der Waals surface area contributed by atoms with E-state index in [9.17, 15) is 8.42 Å². The van der Waals surface area contributed by atoms with E-state index in [0.717, 1.165) is 16.3 Å². The van der Waals surface area contributed by atoms with Crippen LogP contribution in [-0.4, -0.2) is 18.4 Å². The molecule has 0 unspecified atom stereocenters. The summed E-state index contributed by atoms with van der Waals surface area (Å²) in [6.45, 7) is 1.87. The van der Waals surface area contributed by atoms with Gasteiger partial charge in [-0.3, -0.25) is 9.71 Å². The molecule has 8 heteroatoms. The van der Waals surface area contributed by atoms with Gasteiger partial charge in [0.15, 0.2) is 11.6 Å². The van der Waals surface area contributed by atoms with Crippen molar-refractivity contribution in [3.8, 4) is 5.75 Å². The third kappa shape index (κ3) is 4.08. The first kappa shape index (κ1) is 20.1. The van der Waals surface area contributed by atoms with Crippen LogP contribution in [0.5, 0.6) is 5.75 Å². The molecule has 2 aromatic heterocycles. The van der Waals surface area contributed by atoms with Gasteiger partial charge >= 0.3 is 0 Å². The number of fused-ring (bicyclic) bond motifs is 1. The molecule has 0 aliphatic carbocycles. The fourth-order valence-electron chi connectivity index (χ4n) is 3.06. The molecule has 30 heavy (non-hydrogen) atoms. The van der Waals surface area contributed by atoms with E-state index in [1.807, 2.05) is 36.4 Å². The summed E-state index contributed by atoms with van der Waals surface area (Å²) in [7, 11) is -3.93. The van der Waals surface area contributed by atoms with Gasteiger partial charge in [0, 0.05) is 39.9 Å². The molecule has 6 nitrogen and oxygen atoms in total. The van der Waals surface area contributed by atoms with Crippen molar-refractivity contribution < 1.29 is 13.2 Å². The molecule has 0 saturated carbocycles. The molecule has 0 aliphatic rings. The molecule has 2 aromatic carbocycles. The highest BCUT2D eigenvalue weighted by atomic mass is 35.5. The number of ether oxygens (including phenoxy) is 1. The van der Waals surface area contributed by atoms with E-state index in [0.29, 0.717) is 16.3 Å². The molecular formula is C22H18ClN3O3S. The monoisotopic (exact) mass is 439 g/mol. The summed E-state index contributed by atoms with van der Waals surface area (Å²) in [5, 5.41) is 1.95. The van der Waals surface area contributed by atoms with Crippen LogP contribution in [0, 0.1) is 6.92 Å². The van der Waals surface area contributed by atoms with E-state index in [1.165, 1.54) is 6.07 Å². The predicted molar refractivity (Wildman–Crippen MR) is 117 cm³/mol. The molecule has 0 spiro atoms. The zero-order valence-corrected chi connectivity index (χ0v) is 17.6. The molecule has 0 amide bonds. The Labute approximate surface area is 179 Å². The van der Waals surface area contributed by atoms with Gasteiger partial charge < -0.3 is 4.74 Å². The lowest BCUT2D eigenvalue weighted by molar-refractivity contribution is 0.310. The van der Waals surface area contributed by atoms with Gasteiger partial charge in [-0.2, -0.15) is 0 Å². The maximum Gasteiger partial charge on any atom is 0.263 e. The van der Waals surface area contributed by atoms with Crippen LogP contribution < -0.4 is 9.46 Å². The molecule has 0 saturated heterocycles. The summed E-state index contributed by atoms with van der Waals surface area (Å²) >= 11 is 6.11. The minimum Gasteiger partial charge on any atom is -0.484 e. The number of benzene rings is 2. The van der Waals surface area contributed by atoms with Crippen LogP contribution in [0.4, 0.5) is 5.82 Å². The Balaban J connectivity index is 1.75. The van der Waals surface area contributed by atoms with Gasteiger partial charge in [-0.15, -0.1) is 0 Å². The highest BCUT2D eigenvalue weighted by molar-refractivity contribution is 7.92. The van der Waals surface area contributed by atoms with Crippen molar-refractivity contribution in [2.75, 3.05) is 4.72 Å². The number of nitrogens with one attached hydrogen (secondary N) is 1. The first-order valence-electron chi connectivity index (χ1n) is 9.13. The summed E-state index contributed by atoms with van der Waals surface area (Å²) in [5.41, 5.74) is 1.32. The molecule has 0 aliphatic heterocycles. The Morgan fingerprint density at radius 3 is 2.67 bits per heavy atom. The van der Waals surface area contributed by atoms with Crippen LogP contribution in [0.1, 0.15) is 11.1 Å². The standard InChI is InChI=1S/C22H18ClN3O3S/c1-15-19(23)9-4-10-20(15)30(27,28)26-22-21(29-14-16-6-5-11-24-12-16)18-8-3-2-7-17(18)13-25-22/h2-13H,14H2,1H3,(H,25,26). The van der Waals surface area contributed by atoms with Crippen LogP contribution in [0.15, 0.2) is 78.1 Å². The highest BCUT2D eigenvalue weighted by Crippen LogP contribution is 2.34. The third-order valence-electron chi connectivity index (χ3n) is 4.60. The van der Waals surface area contributed by atoms with Gasteiger partial charge in [0.2, 0.25) is 0 Å². The highest BCUT2D eigenvalue weighted by Gasteiger charge is 2.22. The SMILES string of the molecule is Cc1c(Cl)cccc1S(=O)(=O)Nc1ncc2ccccc2c1OCc1cccnc1. The smallest absolute Gasteiger partial charge is 0.263 e. The van der Waals surface area contributed by atoms with Gasteiger partial charge in [0.25, 0.3) is 10.0 Å². The lowest BCUT2D eigenvalue weighted by atomic mass is 10.1. The molecular weight excluding hydrogens is 422 g/mol. The average Bonchev–Trinajstić information content (AvgIpc) is 2.75. The van der Waals surface area contributed by atoms with Crippen molar-refractivity contribution in [2.24, 2.45) is 0 Å². The Bertz CT molecular complexity index is 1310. The van der Waals surface area contributed by atoms with Crippen LogP contribution >= 0.6 is 11.6 Å². The van der Waals surface area contributed by atoms with E-state index >= 15 is 0 Å². The number of sulfonamides is 1. The summed E-state index contributed by atoms with van der Waals surface area (Å²) in [4.78, 5) is 8.48. The van der Waals surface area contributed by atoms with E-state index < -0.39 is 10.0 Å². The zero-order chi connectivity index (χ0) is 21.1. The second kappa shape index (κ2) is 8.30. The van der Waals surface area contributed by atoms with Crippen LogP contribution in [0.3, 0.4) is 0 Å². The topological polar surface area (TPSA) is 81.2 Å². The second-order valence-corrected chi connectivity index (χ2v) is 8.70. The maximum absolute atomic E-state index is 13.1. The summed E-state index contributed by atoms with van der Waals surface area (Å²) in [6, 6.07) is 15.9. The molecule has 0 atom stereocenters.